The lowest BCUT2D eigenvalue weighted by Gasteiger charge is -2.37. The number of unbranched alkanes of at least 4 members (excludes halogenated alkanes) is 1. The normalized spacial score (nSPS) is 26.5. The molecule has 1 aliphatic rings. The Kier molecular flexibility index (Phi) is 4.88. The number of rotatable bonds is 3. The molecule has 0 N–H and O–H groups in total. The molecule has 0 aromatic carbocycles. The number of hydrogen-bond acceptors (Lipinski definition) is 3. The van der Waals surface area contributed by atoms with Crippen molar-refractivity contribution in [1.82, 2.24) is 4.90 Å². The van der Waals surface area contributed by atoms with Crippen molar-refractivity contribution in [1.29, 1.82) is 0 Å². The van der Waals surface area contributed by atoms with Crippen LogP contribution in [0.1, 0.15) is 33.6 Å². The van der Waals surface area contributed by atoms with Crippen molar-refractivity contribution in [3.8, 4) is 0 Å². The molecule has 0 aliphatic carbocycles. The van der Waals surface area contributed by atoms with Gasteiger partial charge in [-0.3, -0.25) is 4.90 Å². The number of nitrogens with zero attached hydrogens (tertiary/aromatic N) is 1. The summed E-state index contributed by atoms with van der Waals surface area (Å²) in [6, 6.07) is 0.228. The molecule has 0 saturated carbocycles. The molecule has 2 atom stereocenters. The zero-order chi connectivity index (χ0) is 11.3. The van der Waals surface area contributed by atoms with E-state index < -0.39 is 0 Å². The summed E-state index contributed by atoms with van der Waals surface area (Å²) in [5, 5.41) is 0. The highest BCUT2D eigenvalue weighted by Crippen LogP contribution is 2.14. The lowest BCUT2D eigenvalue weighted by molar-refractivity contribution is -0.0334. The predicted octanol–water partition coefficient (Wildman–Crippen LogP) is 2.03. The highest BCUT2D eigenvalue weighted by Gasteiger charge is 2.30. The van der Waals surface area contributed by atoms with Crippen molar-refractivity contribution in [3.05, 3.63) is 0 Å². The lowest BCUT2D eigenvalue weighted by atomic mass is 10.2. The summed E-state index contributed by atoms with van der Waals surface area (Å²) < 4.78 is 10.5. The van der Waals surface area contributed by atoms with Crippen LogP contribution in [-0.4, -0.2) is 42.9 Å². The quantitative estimate of drug-likeness (QED) is 0.676. The van der Waals surface area contributed by atoms with Gasteiger partial charge in [-0.15, -0.1) is 0 Å². The summed E-state index contributed by atoms with van der Waals surface area (Å²) in [5.74, 6) is 0. The minimum Gasteiger partial charge on any atom is -0.449 e. The summed E-state index contributed by atoms with van der Waals surface area (Å²) >= 11 is 0. The Morgan fingerprint density at radius 3 is 2.53 bits per heavy atom. The van der Waals surface area contributed by atoms with Gasteiger partial charge in [0.1, 0.15) is 0 Å². The molecule has 0 radical (unpaired) electrons. The maximum absolute atomic E-state index is 11.7. The van der Waals surface area contributed by atoms with Gasteiger partial charge in [-0.2, -0.15) is 0 Å². The van der Waals surface area contributed by atoms with Gasteiger partial charge in [-0.25, -0.2) is 4.79 Å². The first-order valence-electron chi connectivity index (χ1n) is 5.69. The first-order valence-corrected chi connectivity index (χ1v) is 5.69. The molecule has 1 unspecified atom stereocenters. The molecule has 1 saturated heterocycles. The first kappa shape index (κ1) is 12.3. The molecule has 0 bridgehead atoms. The van der Waals surface area contributed by atoms with E-state index in [9.17, 15) is 4.79 Å². The fourth-order valence-electron chi connectivity index (χ4n) is 1.74. The number of ether oxygens (including phenoxy) is 2. The molecule has 1 amide bonds. The number of carbonyl (C=O) groups excluding carboxylic acids is 1. The SMILES string of the molecule is CCCCOC(=O)N1C(C)COC[C@@H]1C. The second kappa shape index (κ2) is 5.95. The summed E-state index contributed by atoms with van der Waals surface area (Å²) in [5.41, 5.74) is 0. The maximum atomic E-state index is 11.7. The number of amides is 1. The van der Waals surface area contributed by atoms with Crippen molar-refractivity contribution in [3.63, 3.8) is 0 Å². The van der Waals surface area contributed by atoms with Crippen molar-refractivity contribution >= 4 is 6.09 Å². The zero-order valence-electron chi connectivity index (χ0n) is 9.86. The van der Waals surface area contributed by atoms with Crippen LogP contribution in [0.2, 0.25) is 0 Å². The molecule has 0 aromatic heterocycles. The maximum Gasteiger partial charge on any atom is 0.410 e. The van der Waals surface area contributed by atoms with Gasteiger partial charge in [0.25, 0.3) is 0 Å². The average molecular weight is 215 g/mol. The number of hydrogen-bond donors (Lipinski definition) is 0. The van der Waals surface area contributed by atoms with Crippen molar-refractivity contribution in [2.75, 3.05) is 19.8 Å². The van der Waals surface area contributed by atoms with E-state index in [2.05, 4.69) is 6.92 Å². The van der Waals surface area contributed by atoms with E-state index in [1.807, 2.05) is 13.8 Å². The van der Waals surface area contributed by atoms with Gasteiger partial charge in [-0.05, 0) is 20.3 Å². The van der Waals surface area contributed by atoms with Crippen molar-refractivity contribution in [2.24, 2.45) is 0 Å². The van der Waals surface area contributed by atoms with Crippen molar-refractivity contribution in [2.45, 2.75) is 45.7 Å². The van der Waals surface area contributed by atoms with Crippen LogP contribution in [0.4, 0.5) is 4.79 Å². The van der Waals surface area contributed by atoms with Crippen LogP contribution in [0.15, 0.2) is 0 Å². The Morgan fingerprint density at radius 2 is 2.00 bits per heavy atom. The number of morpholine rings is 1. The van der Waals surface area contributed by atoms with Gasteiger partial charge in [0.05, 0.1) is 31.9 Å². The van der Waals surface area contributed by atoms with E-state index in [0.29, 0.717) is 19.8 Å². The highest BCUT2D eigenvalue weighted by molar-refractivity contribution is 5.68. The summed E-state index contributed by atoms with van der Waals surface area (Å²) in [4.78, 5) is 13.5. The molecule has 1 aliphatic heterocycles. The molecule has 1 rings (SSSR count). The van der Waals surface area contributed by atoms with E-state index in [1.54, 1.807) is 4.90 Å². The van der Waals surface area contributed by atoms with E-state index in [-0.39, 0.29) is 18.2 Å². The summed E-state index contributed by atoms with van der Waals surface area (Å²) in [6.45, 7) is 7.77. The largest absolute Gasteiger partial charge is 0.449 e. The Balaban J connectivity index is 2.41. The van der Waals surface area contributed by atoms with Crippen LogP contribution in [0.3, 0.4) is 0 Å². The standard InChI is InChI=1S/C11H21NO3/c1-4-5-6-15-11(13)12-9(2)7-14-8-10(12)3/h9-10H,4-8H2,1-3H3/t9-,10?/m0/s1. The summed E-state index contributed by atoms with van der Waals surface area (Å²) in [7, 11) is 0. The second-order valence-electron chi connectivity index (χ2n) is 4.11. The van der Waals surface area contributed by atoms with Crippen LogP contribution in [-0.2, 0) is 9.47 Å². The van der Waals surface area contributed by atoms with Gasteiger partial charge in [-0.1, -0.05) is 13.3 Å². The number of carbonyl (C=O) groups is 1. The molecule has 0 aromatic rings. The lowest BCUT2D eigenvalue weighted by Crippen LogP contribution is -2.52. The fourth-order valence-corrected chi connectivity index (χ4v) is 1.74. The monoisotopic (exact) mass is 215 g/mol. The predicted molar refractivity (Wildman–Crippen MR) is 57.8 cm³/mol. The van der Waals surface area contributed by atoms with Gasteiger partial charge in [0.15, 0.2) is 0 Å². The van der Waals surface area contributed by atoms with E-state index in [1.165, 1.54) is 0 Å². The first-order chi connectivity index (χ1) is 7.16. The molecule has 0 spiro atoms. The van der Waals surface area contributed by atoms with Gasteiger partial charge in [0.2, 0.25) is 0 Å². The Hall–Kier alpha value is -0.770. The van der Waals surface area contributed by atoms with E-state index in [4.69, 9.17) is 9.47 Å². The third-order valence-corrected chi connectivity index (χ3v) is 2.60. The third kappa shape index (κ3) is 3.38. The molecule has 88 valence electrons. The topological polar surface area (TPSA) is 38.8 Å². The molecular weight excluding hydrogens is 194 g/mol. The van der Waals surface area contributed by atoms with Crippen molar-refractivity contribution < 1.29 is 14.3 Å². The Morgan fingerprint density at radius 1 is 1.40 bits per heavy atom. The van der Waals surface area contributed by atoms with Crippen LogP contribution in [0, 0.1) is 0 Å². The van der Waals surface area contributed by atoms with Crippen LogP contribution < -0.4 is 0 Å². The second-order valence-corrected chi connectivity index (χ2v) is 4.11. The minimum atomic E-state index is -0.202. The third-order valence-electron chi connectivity index (χ3n) is 2.60. The molecule has 15 heavy (non-hydrogen) atoms. The van der Waals surface area contributed by atoms with Gasteiger partial charge < -0.3 is 9.47 Å². The molecule has 4 heteroatoms. The summed E-state index contributed by atoms with van der Waals surface area (Å²) in [6.07, 6.45) is 1.77. The fraction of sp³-hybridized carbons (Fsp3) is 0.909. The van der Waals surface area contributed by atoms with Crippen LogP contribution >= 0.6 is 0 Å². The smallest absolute Gasteiger partial charge is 0.410 e. The van der Waals surface area contributed by atoms with Crippen LogP contribution in [0.25, 0.3) is 0 Å². The Labute approximate surface area is 91.5 Å². The van der Waals surface area contributed by atoms with Crippen LogP contribution in [0.5, 0.6) is 0 Å². The van der Waals surface area contributed by atoms with E-state index in [0.717, 1.165) is 12.8 Å². The molecule has 1 fully saturated rings. The highest BCUT2D eigenvalue weighted by atomic mass is 16.6. The zero-order valence-corrected chi connectivity index (χ0v) is 9.86. The minimum absolute atomic E-state index is 0.114. The van der Waals surface area contributed by atoms with E-state index >= 15 is 0 Å². The molecule has 4 nitrogen and oxygen atoms in total. The Bertz CT molecular complexity index is 198. The molecular formula is C11H21NO3. The van der Waals surface area contributed by atoms with Gasteiger partial charge in [0, 0.05) is 0 Å². The average Bonchev–Trinajstić information content (AvgIpc) is 2.18. The molecule has 1 heterocycles. The van der Waals surface area contributed by atoms with Gasteiger partial charge >= 0.3 is 6.09 Å².